The minimum absolute atomic E-state index is 0.291. The summed E-state index contributed by atoms with van der Waals surface area (Å²) < 4.78 is 11.3. The van der Waals surface area contributed by atoms with E-state index in [0.29, 0.717) is 40.3 Å². The summed E-state index contributed by atoms with van der Waals surface area (Å²) in [6, 6.07) is 10.2. The van der Waals surface area contributed by atoms with Crippen molar-refractivity contribution in [2.24, 2.45) is 0 Å². The molecule has 2 rings (SSSR count). The number of amides is 1. The summed E-state index contributed by atoms with van der Waals surface area (Å²) in [5, 5.41) is 3.40. The highest BCUT2D eigenvalue weighted by atomic mass is 79.9. The summed E-state index contributed by atoms with van der Waals surface area (Å²) in [4.78, 5) is 12.5. The zero-order chi connectivity index (χ0) is 16.8. The van der Waals surface area contributed by atoms with E-state index in [1.54, 1.807) is 43.5 Å². The maximum absolute atomic E-state index is 12.5. The van der Waals surface area contributed by atoms with Crippen LogP contribution in [0.1, 0.15) is 10.4 Å². The summed E-state index contributed by atoms with van der Waals surface area (Å²) in [5.41, 5.74) is 0.818. The van der Waals surface area contributed by atoms with Gasteiger partial charge in [-0.05, 0) is 30.3 Å². The van der Waals surface area contributed by atoms with Crippen molar-refractivity contribution in [3.63, 3.8) is 0 Å². The summed E-state index contributed by atoms with van der Waals surface area (Å²) in [7, 11) is 1.58. The second-order valence-electron chi connectivity index (χ2n) is 4.54. The Morgan fingerprint density at radius 2 is 2.00 bits per heavy atom. The van der Waals surface area contributed by atoms with Crippen LogP contribution < -0.4 is 10.1 Å². The topological polar surface area (TPSA) is 47.6 Å². The van der Waals surface area contributed by atoms with E-state index in [1.807, 2.05) is 0 Å². The molecule has 0 aliphatic carbocycles. The summed E-state index contributed by atoms with van der Waals surface area (Å²) in [5.74, 6) is 0.115. The number of benzene rings is 2. The van der Waals surface area contributed by atoms with Crippen molar-refractivity contribution < 1.29 is 14.3 Å². The number of carbonyl (C=O) groups excluding carboxylic acids is 1. The first-order valence-electron chi connectivity index (χ1n) is 6.69. The average Bonchev–Trinajstić information content (AvgIpc) is 2.53. The van der Waals surface area contributed by atoms with Crippen molar-refractivity contribution in [2.75, 3.05) is 25.6 Å². The molecule has 0 radical (unpaired) electrons. The molecule has 1 N–H and O–H groups in total. The fraction of sp³-hybridized carbons (Fsp3) is 0.188. The van der Waals surface area contributed by atoms with Crippen molar-refractivity contribution in [3.05, 3.63) is 56.5 Å². The largest absolute Gasteiger partial charge is 0.490 e. The summed E-state index contributed by atoms with van der Waals surface area (Å²) >= 11 is 15.4. The molecule has 122 valence electrons. The molecule has 1 amide bonds. The number of hydrogen-bond donors (Lipinski definition) is 1. The Morgan fingerprint density at radius 3 is 2.74 bits per heavy atom. The van der Waals surface area contributed by atoms with Crippen LogP contribution in [0.5, 0.6) is 5.75 Å². The first-order chi connectivity index (χ1) is 11.0. The lowest BCUT2D eigenvalue weighted by molar-refractivity contribution is 0.101. The number of hydrogen-bond acceptors (Lipinski definition) is 3. The van der Waals surface area contributed by atoms with Crippen LogP contribution in [-0.2, 0) is 4.74 Å². The number of halogens is 3. The van der Waals surface area contributed by atoms with E-state index in [9.17, 15) is 4.79 Å². The molecule has 0 heterocycles. The molecule has 0 atom stereocenters. The van der Waals surface area contributed by atoms with Gasteiger partial charge in [-0.1, -0.05) is 45.2 Å². The Balaban J connectivity index is 2.24. The lowest BCUT2D eigenvalue weighted by Crippen LogP contribution is -2.15. The fourth-order valence-corrected chi connectivity index (χ4v) is 2.54. The van der Waals surface area contributed by atoms with Crippen LogP contribution in [0.2, 0.25) is 10.0 Å². The highest BCUT2D eigenvalue weighted by Gasteiger charge is 2.15. The lowest BCUT2D eigenvalue weighted by atomic mass is 10.2. The Bertz CT molecular complexity index is 710. The van der Waals surface area contributed by atoms with Gasteiger partial charge < -0.3 is 14.8 Å². The molecule has 0 saturated heterocycles. The molecule has 0 unspecified atom stereocenters. The van der Waals surface area contributed by atoms with Crippen LogP contribution in [0, 0.1) is 0 Å². The standard InChI is InChI=1S/C16H14BrCl2NO3/c1-22-7-8-23-14-6-5-10(17)9-11(14)16(21)20-13-4-2-3-12(18)15(13)19/h2-6,9H,7-8H2,1H3,(H,20,21). The molecule has 0 bridgehead atoms. The van der Waals surface area contributed by atoms with Crippen molar-refractivity contribution in [1.29, 1.82) is 0 Å². The van der Waals surface area contributed by atoms with Crippen LogP contribution in [-0.4, -0.2) is 26.2 Å². The molecular formula is C16H14BrCl2NO3. The van der Waals surface area contributed by atoms with E-state index in [4.69, 9.17) is 32.7 Å². The Labute approximate surface area is 152 Å². The van der Waals surface area contributed by atoms with Crippen molar-refractivity contribution in [1.82, 2.24) is 0 Å². The summed E-state index contributed by atoms with van der Waals surface area (Å²) in [6.07, 6.45) is 0. The molecule has 7 heteroatoms. The second kappa shape index (κ2) is 8.55. The number of methoxy groups -OCH3 is 1. The van der Waals surface area contributed by atoms with Crippen LogP contribution in [0.4, 0.5) is 5.69 Å². The number of rotatable bonds is 6. The molecule has 4 nitrogen and oxygen atoms in total. The van der Waals surface area contributed by atoms with Gasteiger partial charge in [0.05, 0.1) is 27.9 Å². The predicted octanol–water partition coefficient (Wildman–Crippen LogP) is 5.03. The third-order valence-electron chi connectivity index (χ3n) is 2.93. The van der Waals surface area contributed by atoms with E-state index in [1.165, 1.54) is 0 Å². The first-order valence-corrected chi connectivity index (χ1v) is 8.24. The normalized spacial score (nSPS) is 10.4. The molecule has 0 aromatic heterocycles. The van der Waals surface area contributed by atoms with Gasteiger partial charge in [-0.2, -0.15) is 0 Å². The first kappa shape index (κ1) is 18.1. The monoisotopic (exact) mass is 417 g/mol. The number of anilines is 1. The molecule has 2 aromatic carbocycles. The second-order valence-corrected chi connectivity index (χ2v) is 6.24. The van der Waals surface area contributed by atoms with Crippen molar-refractivity contribution in [2.45, 2.75) is 0 Å². The Hall–Kier alpha value is -1.27. The quantitative estimate of drug-likeness (QED) is 0.669. The van der Waals surface area contributed by atoms with Gasteiger partial charge in [-0.3, -0.25) is 4.79 Å². The van der Waals surface area contributed by atoms with Gasteiger partial charge in [0.25, 0.3) is 5.91 Å². The zero-order valence-electron chi connectivity index (χ0n) is 12.2. The fourth-order valence-electron chi connectivity index (χ4n) is 1.83. The third-order valence-corrected chi connectivity index (χ3v) is 4.24. The number of ether oxygens (including phenoxy) is 2. The lowest BCUT2D eigenvalue weighted by Gasteiger charge is -2.13. The van der Waals surface area contributed by atoms with Crippen molar-refractivity contribution >= 4 is 50.7 Å². The molecule has 0 fully saturated rings. The zero-order valence-corrected chi connectivity index (χ0v) is 15.3. The van der Waals surface area contributed by atoms with Crippen LogP contribution >= 0.6 is 39.1 Å². The van der Waals surface area contributed by atoms with E-state index in [0.717, 1.165) is 4.47 Å². The minimum Gasteiger partial charge on any atom is -0.490 e. The summed E-state index contributed by atoms with van der Waals surface area (Å²) in [6.45, 7) is 0.771. The third kappa shape index (κ3) is 4.85. The molecule has 0 spiro atoms. The van der Waals surface area contributed by atoms with Gasteiger partial charge in [0.15, 0.2) is 0 Å². The predicted molar refractivity (Wildman–Crippen MR) is 95.9 cm³/mol. The highest BCUT2D eigenvalue weighted by Crippen LogP contribution is 2.31. The SMILES string of the molecule is COCCOc1ccc(Br)cc1C(=O)Nc1cccc(Cl)c1Cl. The van der Waals surface area contributed by atoms with Gasteiger partial charge in [-0.25, -0.2) is 0 Å². The van der Waals surface area contributed by atoms with Crippen molar-refractivity contribution in [3.8, 4) is 5.75 Å². The smallest absolute Gasteiger partial charge is 0.259 e. The van der Waals surface area contributed by atoms with Gasteiger partial charge in [0, 0.05) is 11.6 Å². The van der Waals surface area contributed by atoms with Crippen LogP contribution in [0.15, 0.2) is 40.9 Å². The minimum atomic E-state index is -0.345. The molecular weight excluding hydrogens is 405 g/mol. The maximum Gasteiger partial charge on any atom is 0.259 e. The number of carbonyl (C=O) groups is 1. The maximum atomic E-state index is 12.5. The van der Waals surface area contributed by atoms with Crippen LogP contribution in [0.25, 0.3) is 0 Å². The van der Waals surface area contributed by atoms with Gasteiger partial charge in [-0.15, -0.1) is 0 Å². The van der Waals surface area contributed by atoms with E-state index >= 15 is 0 Å². The average molecular weight is 419 g/mol. The van der Waals surface area contributed by atoms with Crippen LogP contribution in [0.3, 0.4) is 0 Å². The highest BCUT2D eigenvalue weighted by molar-refractivity contribution is 9.10. The molecule has 0 aliphatic rings. The van der Waals surface area contributed by atoms with Gasteiger partial charge in [0.2, 0.25) is 0 Å². The molecule has 2 aromatic rings. The Kier molecular flexibility index (Phi) is 6.72. The van der Waals surface area contributed by atoms with Gasteiger partial charge >= 0.3 is 0 Å². The molecule has 23 heavy (non-hydrogen) atoms. The van der Waals surface area contributed by atoms with E-state index in [-0.39, 0.29) is 5.91 Å². The number of nitrogens with one attached hydrogen (secondary N) is 1. The molecule has 0 aliphatic heterocycles. The van der Waals surface area contributed by atoms with E-state index < -0.39 is 0 Å². The van der Waals surface area contributed by atoms with Gasteiger partial charge in [0.1, 0.15) is 12.4 Å². The Morgan fingerprint density at radius 1 is 1.22 bits per heavy atom. The molecule has 0 saturated carbocycles. The van der Waals surface area contributed by atoms with E-state index in [2.05, 4.69) is 21.2 Å².